The highest BCUT2D eigenvalue weighted by Gasteiger charge is 2.39. The summed E-state index contributed by atoms with van der Waals surface area (Å²) in [4.78, 5) is 22.7. The number of carbonyl (C=O) groups excluding carboxylic acids is 2. The van der Waals surface area contributed by atoms with E-state index in [1.165, 1.54) is 18.2 Å². The Morgan fingerprint density at radius 2 is 2.11 bits per heavy atom. The van der Waals surface area contributed by atoms with Gasteiger partial charge in [-0.3, -0.25) is 9.59 Å². The van der Waals surface area contributed by atoms with Crippen molar-refractivity contribution in [3.8, 4) is 0 Å². The molecular weight excluding hydrogens is 241 g/mol. The fraction of sp³-hybridized carbons (Fsp3) is 0.167. The number of Topliss-reactive ketones (excluding diaryl/α,β-unsaturated/α-hetero) is 1. The highest BCUT2D eigenvalue weighted by Crippen LogP contribution is 2.32. The third kappa shape index (κ3) is 2.04. The van der Waals surface area contributed by atoms with Gasteiger partial charge in [-0.25, -0.2) is 4.39 Å². The van der Waals surface area contributed by atoms with Crippen molar-refractivity contribution in [2.45, 2.75) is 13.0 Å². The Morgan fingerprint density at radius 3 is 2.72 bits per heavy atom. The molecule has 1 heterocycles. The van der Waals surface area contributed by atoms with Gasteiger partial charge >= 0.3 is 5.97 Å². The third-order valence-corrected chi connectivity index (χ3v) is 2.36. The minimum absolute atomic E-state index is 0.0487. The van der Waals surface area contributed by atoms with E-state index in [0.717, 1.165) is 6.92 Å². The molecule has 1 aliphatic heterocycles. The monoisotopic (exact) mass is 251 g/mol. The second-order valence-corrected chi connectivity index (χ2v) is 3.67. The Labute approximate surface area is 102 Å². The molecule has 2 N–H and O–H groups in total. The fourth-order valence-electron chi connectivity index (χ4n) is 1.61. The number of rotatable bonds is 2. The molecule has 0 fully saturated rings. The van der Waals surface area contributed by atoms with Crippen molar-refractivity contribution in [3.63, 3.8) is 0 Å². The predicted molar refractivity (Wildman–Crippen MR) is 58.2 cm³/mol. The first-order chi connectivity index (χ1) is 8.50. The van der Waals surface area contributed by atoms with Gasteiger partial charge in [0, 0.05) is 12.5 Å². The maximum atomic E-state index is 13.5. The average Bonchev–Trinajstić information content (AvgIpc) is 2.57. The molecule has 94 valence electrons. The summed E-state index contributed by atoms with van der Waals surface area (Å²) in [6, 6.07) is 5.66. The summed E-state index contributed by atoms with van der Waals surface area (Å²) < 4.78 is 23.2. The van der Waals surface area contributed by atoms with Crippen LogP contribution < -0.4 is 5.73 Å². The quantitative estimate of drug-likeness (QED) is 0.798. The van der Waals surface area contributed by atoms with E-state index in [1.807, 2.05) is 0 Å². The molecule has 6 heteroatoms. The van der Waals surface area contributed by atoms with E-state index in [4.69, 9.17) is 10.5 Å². The van der Waals surface area contributed by atoms with Crippen LogP contribution in [0, 0.1) is 5.82 Å². The summed E-state index contributed by atoms with van der Waals surface area (Å²) >= 11 is 0. The topological polar surface area (TPSA) is 78.6 Å². The van der Waals surface area contributed by atoms with Crippen molar-refractivity contribution in [2.24, 2.45) is 5.73 Å². The Balaban J connectivity index is 2.30. The lowest BCUT2D eigenvalue weighted by Crippen LogP contribution is -2.14. The smallest absolute Gasteiger partial charge is 0.308 e. The molecule has 0 amide bonds. The Bertz CT molecular complexity index is 553. The molecule has 0 saturated heterocycles. The number of hydrogen-bond acceptors (Lipinski definition) is 5. The van der Waals surface area contributed by atoms with E-state index >= 15 is 0 Å². The summed E-state index contributed by atoms with van der Waals surface area (Å²) in [5.41, 5.74) is 5.48. The molecule has 18 heavy (non-hydrogen) atoms. The van der Waals surface area contributed by atoms with Crippen LogP contribution in [0.5, 0.6) is 0 Å². The van der Waals surface area contributed by atoms with E-state index in [2.05, 4.69) is 4.74 Å². The molecule has 5 nitrogen and oxygen atoms in total. The normalized spacial score (nSPS) is 18.8. The number of esters is 1. The molecule has 0 radical (unpaired) electrons. The molecule has 0 aromatic heterocycles. The minimum atomic E-state index is -1.21. The molecule has 1 aromatic carbocycles. The van der Waals surface area contributed by atoms with Gasteiger partial charge in [0.05, 0.1) is 0 Å². The first kappa shape index (κ1) is 12.1. The largest absolute Gasteiger partial charge is 0.460 e. The lowest BCUT2D eigenvalue weighted by atomic mass is 10.1. The minimum Gasteiger partial charge on any atom is -0.460 e. The number of nitrogens with two attached hydrogens (primary N) is 1. The lowest BCUT2D eigenvalue weighted by molar-refractivity contribution is -0.140. The summed E-state index contributed by atoms with van der Waals surface area (Å²) in [6.45, 7) is 1.13. The van der Waals surface area contributed by atoms with Crippen LogP contribution in [0.2, 0.25) is 0 Å². The van der Waals surface area contributed by atoms with Gasteiger partial charge in [-0.15, -0.1) is 0 Å². The molecule has 0 bridgehead atoms. The second-order valence-electron chi connectivity index (χ2n) is 3.67. The van der Waals surface area contributed by atoms with Gasteiger partial charge in [0.25, 0.3) is 0 Å². The maximum Gasteiger partial charge on any atom is 0.308 e. The van der Waals surface area contributed by atoms with E-state index in [-0.39, 0.29) is 17.2 Å². The molecule has 2 rings (SSSR count). The van der Waals surface area contributed by atoms with Crippen molar-refractivity contribution in [1.82, 2.24) is 0 Å². The molecule has 1 atom stereocenters. The first-order valence-corrected chi connectivity index (χ1v) is 5.14. The Morgan fingerprint density at radius 1 is 1.44 bits per heavy atom. The summed E-state index contributed by atoms with van der Waals surface area (Å²) in [5.74, 6) is -2.65. The molecule has 1 unspecified atom stereocenters. The third-order valence-electron chi connectivity index (χ3n) is 2.36. The van der Waals surface area contributed by atoms with Crippen molar-refractivity contribution >= 4 is 11.8 Å². The predicted octanol–water partition coefficient (Wildman–Crippen LogP) is 1.16. The van der Waals surface area contributed by atoms with Crippen LogP contribution in [-0.2, 0) is 19.1 Å². The van der Waals surface area contributed by atoms with Gasteiger partial charge in [0.1, 0.15) is 5.82 Å². The molecule has 0 spiro atoms. The van der Waals surface area contributed by atoms with Crippen LogP contribution in [0.1, 0.15) is 18.6 Å². The van der Waals surface area contributed by atoms with Gasteiger partial charge < -0.3 is 15.2 Å². The van der Waals surface area contributed by atoms with Gasteiger partial charge in [-0.1, -0.05) is 18.2 Å². The zero-order chi connectivity index (χ0) is 13.3. The molecule has 0 aliphatic carbocycles. The Kier molecular flexibility index (Phi) is 3.01. The molecule has 0 saturated carbocycles. The van der Waals surface area contributed by atoms with Crippen molar-refractivity contribution in [2.75, 3.05) is 0 Å². The van der Waals surface area contributed by atoms with Crippen molar-refractivity contribution in [3.05, 3.63) is 47.3 Å². The standard InChI is InChI=1S/C12H10FNO4/c1-6(15)17-11-9(16)10(18-12(11)14)7-4-2-3-5-8(7)13/h2-5,10H,14H2,1H3. The number of hydrogen-bond donors (Lipinski definition) is 1. The number of halogens is 1. The van der Waals surface area contributed by atoms with Crippen LogP contribution in [0.25, 0.3) is 0 Å². The Hall–Kier alpha value is -2.37. The molecule has 1 aromatic rings. The molecular formula is C12H10FNO4. The highest BCUT2D eigenvalue weighted by atomic mass is 19.1. The SMILES string of the molecule is CC(=O)OC1=C(N)OC(c2ccccc2F)C1=O. The average molecular weight is 251 g/mol. The van der Waals surface area contributed by atoms with Crippen LogP contribution in [0.4, 0.5) is 4.39 Å². The van der Waals surface area contributed by atoms with E-state index < -0.39 is 23.7 Å². The summed E-state index contributed by atoms with van der Waals surface area (Å²) in [7, 11) is 0. The van der Waals surface area contributed by atoms with Crippen molar-refractivity contribution in [1.29, 1.82) is 0 Å². The summed E-state index contributed by atoms with van der Waals surface area (Å²) in [5, 5.41) is 0. The van der Waals surface area contributed by atoms with Gasteiger partial charge in [-0.2, -0.15) is 0 Å². The fourth-order valence-corrected chi connectivity index (χ4v) is 1.61. The van der Waals surface area contributed by atoms with Gasteiger partial charge in [0.15, 0.2) is 6.10 Å². The zero-order valence-corrected chi connectivity index (χ0v) is 9.48. The zero-order valence-electron chi connectivity index (χ0n) is 9.48. The van der Waals surface area contributed by atoms with Crippen LogP contribution in [0.3, 0.4) is 0 Å². The summed E-state index contributed by atoms with van der Waals surface area (Å²) in [6.07, 6.45) is -1.21. The van der Waals surface area contributed by atoms with E-state index in [0.29, 0.717) is 0 Å². The highest BCUT2D eigenvalue weighted by molar-refractivity contribution is 6.01. The second kappa shape index (κ2) is 4.48. The van der Waals surface area contributed by atoms with Gasteiger partial charge in [0.2, 0.25) is 17.4 Å². The van der Waals surface area contributed by atoms with Crippen LogP contribution in [0.15, 0.2) is 35.9 Å². The molecule has 1 aliphatic rings. The number of carbonyl (C=O) groups is 2. The van der Waals surface area contributed by atoms with E-state index in [9.17, 15) is 14.0 Å². The lowest BCUT2D eigenvalue weighted by Gasteiger charge is -2.10. The van der Waals surface area contributed by atoms with E-state index in [1.54, 1.807) is 6.07 Å². The first-order valence-electron chi connectivity index (χ1n) is 5.14. The van der Waals surface area contributed by atoms with Crippen LogP contribution >= 0.6 is 0 Å². The number of benzene rings is 1. The van der Waals surface area contributed by atoms with Gasteiger partial charge in [-0.05, 0) is 6.07 Å². The number of ether oxygens (including phenoxy) is 2. The maximum absolute atomic E-state index is 13.5. The van der Waals surface area contributed by atoms with Crippen LogP contribution in [-0.4, -0.2) is 11.8 Å². The number of ketones is 1. The van der Waals surface area contributed by atoms with Crippen molar-refractivity contribution < 1.29 is 23.5 Å².